The third-order valence-corrected chi connectivity index (χ3v) is 4.79. The van der Waals surface area contributed by atoms with E-state index in [9.17, 15) is 4.39 Å². The highest BCUT2D eigenvalue weighted by atomic mass is 19.1. The minimum absolute atomic E-state index is 0.240. The van der Waals surface area contributed by atoms with E-state index in [2.05, 4.69) is 15.2 Å². The summed E-state index contributed by atoms with van der Waals surface area (Å²) in [5.74, 6) is 1.57. The molecule has 2 aliphatic rings. The number of nitrogens with zero attached hydrogens (tertiary/aromatic N) is 2. The van der Waals surface area contributed by atoms with Crippen molar-refractivity contribution in [1.82, 2.24) is 10.3 Å². The molecule has 1 aromatic heterocycles. The maximum Gasteiger partial charge on any atom is 0.141 e. The molecule has 0 aromatic carbocycles. The van der Waals surface area contributed by atoms with Gasteiger partial charge in [0.05, 0.1) is 6.20 Å². The van der Waals surface area contributed by atoms with Gasteiger partial charge in [-0.05, 0) is 44.7 Å². The number of fused-ring (bicyclic) bond motifs is 1. The second-order valence-electron chi connectivity index (χ2n) is 6.11. The van der Waals surface area contributed by atoms with Gasteiger partial charge in [-0.1, -0.05) is 12.8 Å². The van der Waals surface area contributed by atoms with E-state index in [4.69, 9.17) is 0 Å². The summed E-state index contributed by atoms with van der Waals surface area (Å²) >= 11 is 0. The van der Waals surface area contributed by atoms with Crippen molar-refractivity contribution in [2.24, 2.45) is 5.92 Å². The minimum Gasteiger partial charge on any atom is -0.353 e. The van der Waals surface area contributed by atoms with E-state index in [0.717, 1.165) is 23.8 Å². The lowest BCUT2D eigenvalue weighted by atomic mass is 9.78. The van der Waals surface area contributed by atoms with Gasteiger partial charge in [-0.2, -0.15) is 0 Å². The van der Waals surface area contributed by atoms with E-state index in [-0.39, 0.29) is 5.82 Å². The molecule has 0 spiro atoms. The van der Waals surface area contributed by atoms with Gasteiger partial charge in [0.1, 0.15) is 11.6 Å². The van der Waals surface area contributed by atoms with Gasteiger partial charge in [0.2, 0.25) is 0 Å². The summed E-state index contributed by atoms with van der Waals surface area (Å²) in [6.45, 7) is 1.74. The van der Waals surface area contributed by atoms with Crippen LogP contribution in [0.3, 0.4) is 0 Å². The zero-order valence-electron chi connectivity index (χ0n) is 12.2. The van der Waals surface area contributed by atoms with Crippen molar-refractivity contribution >= 4 is 5.82 Å². The second-order valence-corrected chi connectivity index (χ2v) is 6.11. The third-order valence-electron chi connectivity index (χ3n) is 4.79. The third kappa shape index (κ3) is 2.66. The lowest BCUT2D eigenvalue weighted by Gasteiger charge is -2.45. The highest BCUT2D eigenvalue weighted by Gasteiger charge is 2.34. The van der Waals surface area contributed by atoms with Crippen molar-refractivity contribution in [3.8, 4) is 0 Å². The molecule has 1 aliphatic carbocycles. The molecule has 0 radical (unpaired) electrons. The summed E-state index contributed by atoms with van der Waals surface area (Å²) in [4.78, 5) is 6.88. The molecule has 2 fully saturated rings. The molecular formula is C16H24FN3. The van der Waals surface area contributed by atoms with Crippen molar-refractivity contribution in [1.29, 1.82) is 0 Å². The van der Waals surface area contributed by atoms with Crippen LogP contribution >= 0.6 is 0 Å². The first-order chi connectivity index (χ1) is 9.79. The molecule has 1 saturated heterocycles. The molecule has 4 heteroatoms. The number of hydrogen-bond donors (Lipinski definition) is 1. The largest absolute Gasteiger partial charge is 0.353 e. The number of rotatable bonds is 3. The first-order valence-corrected chi connectivity index (χ1v) is 7.85. The molecule has 0 unspecified atom stereocenters. The van der Waals surface area contributed by atoms with Crippen molar-refractivity contribution in [3.05, 3.63) is 23.6 Å². The van der Waals surface area contributed by atoms with Crippen LogP contribution in [0.4, 0.5) is 10.2 Å². The smallest absolute Gasteiger partial charge is 0.141 e. The van der Waals surface area contributed by atoms with E-state index in [0.29, 0.717) is 12.6 Å². The zero-order chi connectivity index (χ0) is 13.9. The predicted molar refractivity (Wildman–Crippen MR) is 79.3 cm³/mol. The maximum atomic E-state index is 13.5. The summed E-state index contributed by atoms with van der Waals surface area (Å²) in [7, 11) is 1.90. The highest BCUT2D eigenvalue weighted by molar-refractivity contribution is 5.48. The summed E-state index contributed by atoms with van der Waals surface area (Å²) < 4.78 is 13.5. The maximum absolute atomic E-state index is 13.5. The highest BCUT2D eigenvalue weighted by Crippen LogP contribution is 2.38. The van der Waals surface area contributed by atoms with Gasteiger partial charge in [-0.3, -0.25) is 0 Å². The van der Waals surface area contributed by atoms with Crippen molar-refractivity contribution < 1.29 is 4.39 Å². The van der Waals surface area contributed by atoms with Crippen molar-refractivity contribution in [3.63, 3.8) is 0 Å². The number of anilines is 1. The molecule has 1 aromatic rings. The van der Waals surface area contributed by atoms with Crippen LogP contribution in [0.2, 0.25) is 0 Å². The predicted octanol–water partition coefficient (Wildman–Crippen LogP) is 3.10. The van der Waals surface area contributed by atoms with Gasteiger partial charge in [0.25, 0.3) is 0 Å². The average Bonchev–Trinajstić information content (AvgIpc) is 2.47. The number of piperidine rings is 1. The average molecular weight is 277 g/mol. The van der Waals surface area contributed by atoms with E-state index in [1.165, 1.54) is 44.7 Å². The molecular weight excluding hydrogens is 253 g/mol. The van der Waals surface area contributed by atoms with Gasteiger partial charge >= 0.3 is 0 Å². The van der Waals surface area contributed by atoms with Crippen LogP contribution in [0, 0.1) is 11.7 Å². The number of halogens is 1. The van der Waals surface area contributed by atoms with Crippen LogP contribution in [0.1, 0.15) is 44.1 Å². The lowest BCUT2D eigenvalue weighted by molar-refractivity contribution is 0.242. The Morgan fingerprint density at radius 3 is 2.95 bits per heavy atom. The Balaban J connectivity index is 1.90. The number of hydrogen-bond acceptors (Lipinski definition) is 3. The van der Waals surface area contributed by atoms with Crippen LogP contribution in [0.5, 0.6) is 0 Å². The number of aromatic nitrogens is 1. The molecule has 2 atom stereocenters. The Hall–Kier alpha value is -1.16. The molecule has 110 valence electrons. The lowest BCUT2D eigenvalue weighted by Crippen LogP contribution is -2.47. The Bertz CT molecular complexity index is 461. The van der Waals surface area contributed by atoms with Crippen LogP contribution in [0.25, 0.3) is 0 Å². The quantitative estimate of drug-likeness (QED) is 0.920. The summed E-state index contributed by atoms with van der Waals surface area (Å²) in [6.07, 6.45) is 9.26. The van der Waals surface area contributed by atoms with E-state index >= 15 is 0 Å². The van der Waals surface area contributed by atoms with Gasteiger partial charge in [-0.15, -0.1) is 0 Å². The molecule has 1 N–H and O–H groups in total. The zero-order valence-corrected chi connectivity index (χ0v) is 12.2. The second kappa shape index (κ2) is 6.08. The first-order valence-electron chi connectivity index (χ1n) is 7.85. The standard InChI is InChI=1S/C16H24FN3/c1-18-10-13-9-14(17)11-19-16(13)20-8-4-6-12-5-2-3-7-15(12)20/h9,11-12,15,18H,2-8,10H2,1H3/t12-,15-/m1/s1. The van der Waals surface area contributed by atoms with Crippen LogP contribution in [0.15, 0.2) is 12.3 Å². The fourth-order valence-electron chi connectivity index (χ4n) is 3.94. The molecule has 0 bridgehead atoms. The van der Waals surface area contributed by atoms with Crippen LogP contribution < -0.4 is 10.2 Å². The van der Waals surface area contributed by atoms with Crippen molar-refractivity contribution in [2.75, 3.05) is 18.5 Å². The van der Waals surface area contributed by atoms with Gasteiger partial charge < -0.3 is 10.2 Å². The Morgan fingerprint density at radius 1 is 1.30 bits per heavy atom. The van der Waals surface area contributed by atoms with Crippen molar-refractivity contribution in [2.45, 2.75) is 51.1 Å². The summed E-state index contributed by atoms with van der Waals surface area (Å²) in [6, 6.07) is 2.25. The molecule has 1 saturated carbocycles. The molecule has 0 amide bonds. The monoisotopic (exact) mass is 277 g/mol. The normalized spacial score (nSPS) is 26.4. The van der Waals surface area contributed by atoms with Gasteiger partial charge in [0.15, 0.2) is 0 Å². The summed E-state index contributed by atoms with van der Waals surface area (Å²) in [5, 5.41) is 3.13. The van der Waals surface area contributed by atoms with E-state index in [1.54, 1.807) is 6.07 Å². The van der Waals surface area contributed by atoms with E-state index in [1.807, 2.05) is 7.05 Å². The van der Waals surface area contributed by atoms with Crippen LogP contribution in [-0.2, 0) is 6.54 Å². The Morgan fingerprint density at radius 2 is 2.10 bits per heavy atom. The fraction of sp³-hybridized carbons (Fsp3) is 0.688. The van der Waals surface area contributed by atoms with Crippen LogP contribution in [-0.4, -0.2) is 24.6 Å². The number of pyridine rings is 1. The Kier molecular flexibility index (Phi) is 4.20. The van der Waals surface area contributed by atoms with Gasteiger partial charge in [0, 0.05) is 24.7 Å². The number of nitrogens with one attached hydrogen (secondary N) is 1. The van der Waals surface area contributed by atoms with Gasteiger partial charge in [-0.25, -0.2) is 9.37 Å². The molecule has 1 aliphatic heterocycles. The molecule has 2 heterocycles. The topological polar surface area (TPSA) is 28.2 Å². The van der Waals surface area contributed by atoms with E-state index < -0.39 is 0 Å². The molecule has 3 nitrogen and oxygen atoms in total. The first kappa shape index (κ1) is 13.8. The molecule has 3 rings (SSSR count). The molecule has 20 heavy (non-hydrogen) atoms. The fourth-order valence-corrected chi connectivity index (χ4v) is 3.94. The SMILES string of the molecule is CNCc1cc(F)cnc1N1CCC[C@H]2CCCC[C@H]21. The Labute approximate surface area is 120 Å². The summed E-state index contributed by atoms with van der Waals surface area (Å²) in [5.41, 5.74) is 0.985. The minimum atomic E-state index is -0.240.